The van der Waals surface area contributed by atoms with E-state index in [1.165, 1.54) is 0 Å². The lowest BCUT2D eigenvalue weighted by Crippen LogP contribution is -2.38. The largest absolute Gasteiger partial charge is 0.492 e. The van der Waals surface area contributed by atoms with Gasteiger partial charge in [0.1, 0.15) is 12.4 Å². The summed E-state index contributed by atoms with van der Waals surface area (Å²) in [5.74, 6) is -2.52. The average molecular weight is 392 g/mol. The van der Waals surface area contributed by atoms with Crippen molar-refractivity contribution in [3.63, 3.8) is 0 Å². The van der Waals surface area contributed by atoms with Gasteiger partial charge in [0, 0.05) is 29.6 Å². The van der Waals surface area contributed by atoms with Gasteiger partial charge in [0.2, 0.25) is 0 Å². The van der Waals surface area contributed by atoms with Gasteiger partial charge < -0.3 is 24.1 Å². The van der Waals surface area contributed by atoms with Crippen LogP contribution in [0.1, 0.15) is 11.3 Å². The van der Waals surface area contributed by atoms with Crippen LogP contribution in [0.25, 0.3) is 10.9 Å². The molecule has 5 rings (SSSR count). The minimum absolute atomic E-state index is 0.228. The first-order valence-corrected chi connectivity index (χ1v) is 9.63. The number of hydrogen-bond donors (Lipinski definition) is 1. The Bertz CT molecular complexity index is 1070. The van der Waals surface area contributed by atoms with Gasteiger partial charge in [-0.15, -0.1) is 0 Å². The number of benzene rings is 2. The summed E-state index contributed by atoms with van der Waals surface area (Å²) in [6, 6.07) is 17.5. The van der Waals surface area contributed by atoms with Crippen molar-refractivity contribution in [1.29, 1.82) is 0 Å². The van der Waals surface area contributed by atoms with Crippen molar-refractivity contribution in [2.75, 3.05) is 19.7 Å². The van der Waals surface area contributed by atoms with Crippen molar-refractivity contribution in [3.05, 3.63) is 65.9 Å². The van der Waals surface area contributed by atoms with Gasteiger partial charge in [-0.3, -0.25) is 0 Å². The number of hydrogen-bond acceptors (Lipinski definition) is 6. The van der Waals surface area contributed by atoms with Crippen LogP contribution in [-0.2, 0) is 37.8 Å². The molecule has 0 saturated carbocycles. The topological polar surface area (TPSA) is 78.8 Å². The molecule has 2 aliphatic heterocycles. The molecule has 1 spiro atoms. The molecule has 0 aliphatic carbocycles. The molecule has 1 saturated heterocycles. The summed E-state index contributed by atoms with van der Waals surface area (Å²) in [4.78, 5) is 23.8. The van der Waals surface area contributed by atoms with Crippen molar-refractivity contribution >= 4 is 22.8 Å². The zero-order valence-corrected chi connectivity index (χ0v) is 15.7. The molecular weight excluding hydrogens is 372 g/mol. The van der Waals surface area contributed by atoms with Crippen LogP contribution in [-0.4, -0.2) is 36.2 Å². The summed E-state index contributed by atoms with van der Waals surface area (Å²) in [6.45, 7) is 2.00. The summed E-state index contributed by atoms with van der Waals surface area (Å²) >= 11 is 0. The van der Waals surface area contributed by atoms with E-state index in [4.69, 9.17) is 14.2 Å². The molecule has 3 aromatic rings. The number of nitrogens with one attached hydrogen (secondary N) is 1. The van der Waals surface area contributed by atoms with E-state index >= 15 is 0 Å². The summed E-state index contributed by atoms with van der Waals surface area (Å²) in [5, 5.41) is 4.14. The zero-order chi connectivity index (χ0) is 19.8. The van der Waals surface area contributed by atoms with Gasteiger partial charge in [-0.05, 0) is 18.2 Å². The Balaban J connectivity index is 1.56. The number of carbonyl (C=O) groups excluding carboxylic acids is 2. The van der Waals surface area contributed by atoms with E-state index in [0.717, 1.165) is 27.9 Å². The van der Waals surface area contributed by atoms with Crippen LogP contribution in [0.5, 0.6) is 5.75 Å². The zero-order valence-electron chi connectivity index (χ0n) is 15.7. The third-order valence-corrected chi connectivity index (χ3v) is 5.36. The van der Waals surface area contributed by atoms with Crippen LogP contribution < -0.4 is 10.1 Å². The lowest BCUT2D eigenvalue weighted by Gasteiger charge is -2.25. The second-order valence-electron chi connectivity index (χ2n) is 7.11. The monoisotopic (exact) mass is 392 g/mol. The molecular formula is C22H20N2O5. The molecule has 0 amide bonds. The molecule has 2 aliphatic rings. The quantitative estimate of drug-likeness (QED) is 0.541. The molecule has 148 valence electrons. The maximum absolute atomic E-state index is 11.9. The van der Waals surface area contributed by atoms with E-state index in [-0.39, 0.29) is 6.54 Å². The number of rotatable bonds is 4. The highest BCUT2D eigenvalue weighted by atomic mass is 16.8. The summed E-state index contributed by atoms with van der Waals surface area (Å²) in [6.07, 6.45) is 0.714. The summed E-state index contributed by atoms with van der Waals surface area (Å²) < 4.78 is 19.0. The third kappa shape index (κ3) is 2.94. The Morgan fingerprint density at radius 2 is 1.72 bits per heavy atom. The highest BCUT2D eigenvalue weighted by molar-refractivity contribution is 6.31. The van der Waals surface area contributed by atoms with Gasteiger partial charge in [0.15, 0.2) is 0 Å². The lowest BCUT2D eigenvalue weighted by molar-refractivity contribution is -0.180. The SMILES string of the molecule is O=C1OC2(CNCCc3c2c2ccccc2n3CCOc2ccccc2)OC1=O. The van der Waals surface area contributed by atoms with Crippen LogP contribution in [0, 0.1) is 0 Å². The predicted octanol–water partition coefficient (Wildman–Crippen LogP) is 2.12. The second-order valence-corrected chi connectivity index (χ2v) is 7.11. The van der Waals surface area contributed by atoms with Gasteiger partial charge in [-0.1, -0.05) is 36.4 Å². The number of carbonyl (C=O) groups is 2. The molecule has 1 fully saturated rings. The maximum Gasteiger partial charge on any atom is 0.421 e. The fraction of sp³-hybridized carbons (Fsp3) is 0.273. The molecule has 2 aromatic carbocycles. The Kier molecular flexibility index (Phi) is 4.24. The minimum Gasteiger partial charge on any atom is -0.492 e. The van der Waals surface area contributed by atoms with Gasteiger partial charge >= 0.3 is 11.9 Å². The van der Waals surface area contributed by atoms with Gasteiger partial charge in [-0.2, -0.15) is 0 Å². The summed E-state index contributed by atoms with van der Waals surface area (Å²) in [5.41, 5.74) is 2.72. The van der Waals surface area contributed by atoms with Crippen molar-refractivity contribution in [2.45, 2.75) is 18.8 Å². The third-order valence-electron chi connectivity index (χ3n) is 5.36. The Morgan fingerprint density at radius 3 is 2.52 bits per heavy atom. The normalized spacial score (nSPS) is 17.7. The molecule has 0 radical (unpaired) electrons. The first-order valence-electron chi connectivity index (χ1n) is 9.63. The molecule has 0 atom stereocenters. The lowest BCUT2D eigenvalue weighted by atomic mass is 10.0. The molecule has 7 nitrogen and oxygen atoms in total. The molecule has 0 unspecified atom stereocenters. The first kappa shape index (κ1) is 17.8. The minimum atomic E-state index is -1.43. The van der Waals surface area contributed by atoms with E-state index in [9.17, 15) is 9.59 Å². The van der Waals surface area contributed by atoms with E-state index < -0.39 is 17.7 Å². The van der Waals surface area contributed by atoms with Crippen LogP contribution in [0.15, 0.2) is 54.6 Å². The number of para-hydroxylation sites is 2. The van der Waals surface area contributed by atoms with Crippen LogP contribution >= 0.6 is 0 Å². The highest BCUT2D eigenvalue weighted by Crippen LogP contribution is 2.41. The molecule has 1 aromatic heterocycles. The second kappa shape index (κ2) is 6.93. The molecule has 0 bridgehead atoms. The van der Waals surface area contributed by atoms with Crippen molar-refractivity contribution in [1.82, 2.24) is 9.88 Å². The van der Waals surface area contributed by atoms with Crippen LogP contribution in [0.2, 0.25) is 0 Å². The highest BCUT2D eigenvalue weighted by Gasteiger charge is 2.53. The van der Waals surface area contributed by atoms with E-state index in [1.54, 1.807) is 0 Å². The summed E-state index contributed by atoms with van der Waals surface area (Å²) in [7, 11) is 0. The number of fused-ring (bicyclic) bond motifs is 4. The Hall–Kier alpha value is -3.32. The number of esters is 2. The van der Waals surface area contributed by atoms with Crippen LogP contribution in [0.3, 0.4) is 0 Å². The predicted molar refractivity (Wildman–Crippen MR) is 104 cm³/mol. The molecule has 29 heavy (non-hydrogen) atoms. The molecule has 7 heteroatoms. The first-order chi connectivity index (χ1) is 14.2. The van der Waals surface area contributed by atoms with Gasteiger partial charge in [0.05, 0.1) is 18.7 Å². The standard InChI is InChI=1S/C22H20N2O5/c25-20-21(26)29-22(28-20)14-23-11-10-18-19(22)16-8-4-5-9-17(16)24(18)12-13-27-15-6-2-1-3-7-15/h1-9,23H,10-14H2. The fourth-order valence-corrected chi connectivity index (χ4v) is 4.19. The molecule has 3 heterocycles. The van der Waals surface area contributed by atoms with Gasteiger partial charge in [-0.25, -0.2) is 9.59 Å². The van der Waals surface area contributed by atoms with Crippen molar-refractivity contribution in [2.24, 2.45) is 0 Å². The smallest absolute Gasteiger partial charge is 0.421 e. The van der Waals surface area contributed by atoms with E-state index in [0.29, 0.717) is 26.1 Å². The fourth-order valence-electron chi connectivity index (χ4n) is 4.19. The average Bonchev–Trinajstić information content (AvgIpc) is 3.13. The Labute approximate surface area is 167 Å². The molecule has 1 N–H and O–H groups in total. The Morgan fingerprint density at radius 1 is 1.00 bits per heavy atom. The maximum atomic E-state index is 11.9. The number of aromatic nitrogens is 1. The van der Waals surface area contributed by atoms with Crippen LogP contribution in [0.4, 0.5) is 0 Å². The van der Waals surface area contributed by atoms with E-state index in [2.05, 4.69) is 9.88 Å². The van der Waals surface area contributed by atoms with Crippen molar-refractivity contribution in [3.8, 4) is 5.75 Å². The van der Waals surface area contributed by atoms with Gasteiger partial charge in [0.25, 0.3) is 5.79 Å². The van der Waals surface area contributed by atoms with Crippen molar-refractivity contribution < 1.29 is 23.8 Å². The van der Waals surface area contributed by atoms with E-state index in [1.807, 2.05) is 54.6 Å². The number of ether oxygens (including phenoxy) is 3. The number of nitrogens with zero attached hydrogens (tertiary/aromatic N) is 1.